The van der Waals surface area contributed by atoms with Crippen molar-refractivity contribution in [2.24, 2.45) is 5.73 Å². The van der Waals surface area contributed by atoms with Gasteiger partial charge in [-0.05, 0) is 73.7 Å². The van der Waals surface area contributed by atoms with Gasteiger partial charge in [-0.15, -0.1) is 11.3 Å². The summed E-state index contributed by atoms with van der Waals surface area (Å²) in [6.45, 7) is 9.15. The molecule has 0 aliphatic heterocycles. The molecule has 0 aliphatic carbocycles. The Labute approximate surface area is 221 Å². The number of carbonyl (C=O) groups is 1. The van der Waals surface area contributed by atoms with E-state index in [1.54, 1.807) is 45.2 Å². The van der Waals surface area contributed by atoms with Gasteiger partial charge in [0.1, 0.15) is 12.6 Å². The van der Waals surface area contributed by atoms with Crippen LogP contribution in [0.3, 0.4) is 0 Å². The minimum atomic E-state index is -3.69. The lowest BCUT2D eigenvalue weighted by molar-refractivity contribution is -0.146. The first-order valence-electron chi connectivity index (χ1n) is 11.3. The molecule has 0 saturated carbocycles. The van der Waals surface area contributed by atoms with Crippen molar-refractivity contribution >= 4 is 44.8 Å². The molecule has 11 heteroatoms. The van der Waals surface area contributed by atoms with Gasteiger partial charge >= 0.3 is 5.97 Å². The Morgan fingerprint density at radius 1 is 1.17 bits per heavy atom. The summed E-state index contributed by atoms with van der Waals surface area (Å²) >= 11 is 8.04. The molecule has 3 rings (SSSR count). The number of ether oxygens (including phenoxy) is 1. The number of benzene rings is 1. The second-order valence-corrected chi connectivity index (χ2v) is 12.2. The molecule has 36 heavy (non-hydrogen) atoms. The van der Waals surface area contributed by atoms with Crippen molar-refractivity contribution in [3.8, 4) is 21.6 Å². The zero-order chi connectivity index (χ0) is 26.7. The lowest BCUT2D eigenvalue weighted by Crippen LogP contribution is -2.35. The number of thiophene rings is 1. The van der Waals surface area contributed by atoms with E-state index >= 15 is 0 Å². The Kier molecular flexibility index (Phi) is 8.79. The Morgan fingerprint density at radius 2 is 1.89 bits per heavy atom. The Balaban J connectivity index is 1.80. The summed E-state index contributed by atoms with van der Waals surface area (Å²) in [5.74, 6) is -0.450. The topological polar surface area (TPSA) is 123 Å². The molecule has 2 aromatic heterocycles. The lowest BCUT2D eigenvalue weighted by Gasteiger charge is -2.24. The fraction of sp³-hybridized carbons (Fsp3) is 0.360. The summed E-state index contributed by atoms with van der Waals surface area (Å²) in [5, 5.41) is 2.46. The SMILES string of the molecule is CC(C)NS(=O)(=O)Nc1ccc(-c2cc(-c3ccnc(C(C)(C)COC(=O)C(C)N)c3)cs2)c(Cl)c1. The van der Waals surface area contributed by atoms with Gasteiger partial charge < -0.3 is 10.5 Å². The Hall–Kier alpha value is -2.50. The first-order valence-corrected chi connectivity index (χ1v) is 14.1. The molecule has 194 valence electrons. The number of halogens is 1. The maximum absolute atomic E-state index is 12.1. The van der Waals surface area contributed by atoms with Crippen LogP contribution in [0, 0.1) is 0 Å². The molecule has 0 saturated heterocycles. The molecule has 8 nitrogen and oxygen atoms in total. The lowest BCUT2D eigenvalue weighted by atomic mass is 9.88. The molecule has 4 N–H and O–H groups in total. The van der Waals surface area contributed by atoms with Crippen LogP contribution in [0.5, 0.6) is 0 Å². The standard InChI is InChI=1S/C25H31ClN4O4S2/c1-15(2)29-36(32,33)30-19-6-7-20(21(26)12-19)22-10-18(13-35-22)17-8-9-28-23(11-17)25(4,5)14-34-24(31)16(3)27/h6-13,15-16,29-30H,14,27H2,1-5H3. The first-order chi connectivity index (χ1) is 16.8. The highest BCUT2D eigenvalue weighted by atomic mass is 35.5. The molecular weight excluding hydrogens is 520 g/mol. The maximum atomic E-state index is 12.1. The molecule has 1 unspecified atom stereocenters. The van der Waals surface area contributed by atoms with E-state index in [2.05, 4.69) is 14.4 Å². The monoisotopic (exact) mass is 550 g/mol. The molecular formula is C25H31ClN4O4S2. The van der Waals surface area contributed by atoms with Crippen LogP contribution in [-0.2, 0) is 25.2 Å². The minimum Gasteiger partial charge on any atom is -0.464 e. The van der Waals surface area contributed by atoms with E-state index in [0.717, 1.165) is 27.3 Å². The fourth-order valence-electron chi connectivity index (χ4n) is 3.34. The van der Waals surface area contributed by atoms with Crippen molar-refractivity contribution in [3.63, 3.8) is 0 Å². The van der Waals surface area contributed by atoms with Crippen molar-refractivity contribution in [2.45, 2.75) is 52.1 Å². The number of nitrogens with one attached hydrogen (secondary N) is 2. The molecule has 0 aliphatic rings. The van der Waals surface area contributed by atoms with Crippen LogP contribution in [0.1, 0.15) is 40.3 Å². The molecule has 0 spiro atoms. The predicted octanol–water partition coefficient (Wildman–Crippen LogP) is 4.95. The largest absolute Gasteiger partial charge is 0.464 e. The molecule has 0 radical (unpaired) electrons. The van der Waals surface area contributed by atoms with Crippen LogP contribution in [0.25, 0.3) is 21.6 Å². The molecule has 1 atom stereocenters. The normalized spacial score (nSPS) is 13.0. The van der Waals surface area contributed by atoms with Crippen molar-refractivity contribution in [3.05, 3.63) is 58.7 Å². The summed E-state index contributed by atoms with van der Waals surface area (Å²) in [5.41, 5.74) is 9.00. The van der Waals surface area contributed by atoms with Crippen LogP contribution in [0.2, 0.25) is 5.02 Å². The highest BCUT2D eigenvalue weighted by molar-refractivity contribution is 7.90. The number of hydrogen-bond donors (Lipinski definition) is 3. The smallest absolute Gasteiger partial charge is 0.322 e. The van der Waals surface area contributed by atoms with Gasteiger partial charge in [0.2, 0.25) is 0 Å². The zero-order valence-electron chi connectivity index (χ0n) is 20.8. The third-order valence-electron chi connectivity index (χ3n) is 5.21. The molecule has 3 aromatic rings. The minimum absolute atomic E-state index is 0.164. The average Bonchev–Trinajstić information content (AvgIpc) is 3.26. The summed E-state index contributed by atoms with van der Waals surface area (Å²) < 4.78 is 34.6. The summed E-state index contributed by atoms with van der Waals surface area (Å²) in [6, 6.07) is 10.1. The van der Waals surface area contributed by atoms with Gasteiger partial charge in [0.25, 0.3) is 10.2 Å². The van der Waals surface area contributed by atoms with Gasteiger partial charge in [0, 0.05) is 33.8 Å². The third kappa shape index (κ3) is 7.27. The van der Waals surface area contributed by atoms with Gasteiger partial charge in [-0.1, -0.05) is 25.4 Å². The maximum Gasteiger partial charge on any atom is 0.322 e. The Morgan fingerprint density at radius 3 is 2.53 bits per heavy atom. The second-order valence-electron chi connectivity index (χ2n) is 9.48. The highest BCUT2D eigenvalue weighted by Crippen LogP contribution is 2.38. The van der Waals surface area contributed by atoms with Gasteiger partial charge in [0.15, 0.2) is 0 Å². The summed E-state index contributed by atoms with van der Waals surface area (Å²) in [7, 11) is -3.69. The molecule has 2 heterocycles. The van der Waals surface area contributed by atoms with E-state index in [9.17, 15) is 13.2 Å². The third-order valence-corrected chi connectivity index (χ3v) is 7.77. The van der Waals surface area contributed by atoms with Crippen molar-refractivity contribution in [1.29, 1.82) is 0 Å². The van der Waals surface area contributed by atoms with E-state index in [1.165, 1.54) is 11.3 Å². The molecule has 0 amide bonds. The number of nitrogens with zero attached hydrogens (tertiary/aromatic N) is 1. The second kappa shape index (κ2) is 11.3. The predicted molar refractivity (Wildman–Crippen MR) is 146 cm³/mol. The van der Waals surface area contributed by atoms with E-state index in [-0.39, 0.29) is 12.6 Å². The van der Waals surface area contributed by atoms with Gasteiger partial charge in [-0.3, -0.25) is 14.5 Å². The number of pyridine rings is 1. The number of esters is 1. The van der Waals surface area contributed by atoms with Crippen LogP contribution in [-0.4, -0.2) is 38.1 Å². The zero-order valence-corrected chi connectivity index (χ0v) is 23.2. The quantitative estimate of drug-likeness (QED) is 0.307. The first kappa shape index (κ1) is 28.1. The fourth-order valence-corrected chi connectivity index (χ4v) is 5.75. The van der Waals surface area contributed by atoms with Crippen LogP contribution < -0.4 is 15.2 Å². The van der Waals surface area contributed by atoms with E-state index < -0.39 is 27.6 Å². The summed E-state index contributed by atoms with van der Waals surface area (Å²) in [6.07, 6.45) is 1.73. The van der Waals surface area contributed by atoms with Crippen LogP contribution in [0.4, 0.5) is 5.69 Å². The van der Waals surface area contributed by atoms with Crippen LogP contribution in [0.15, 0.2) is 48.0 Å². The summed E-state index contributed by atoms with van der Waals surface area (Å²) in [4.78, 5) is 17.2. The average molecular weight is 551 g/mol. The highest BCUT2D eigenvalue weighted by Gasteiger charge is 2.26. The van der Waals surface area contributed by atoms with Crippen molar-refractivity contribution in [2.75, 3.05) is 11.3 Å². The molecule has 0 fully saturated rings. The van der Waals surface area contributed by atoms with Crippen molar-refractivity contribution in [1.82, 2.24) is 9.71 Å². The number of aromatic nitrogens is 1. The number of anilines is 1. The van der Waals surface area contributed by atoms with Gasteiger partial charge in [-0.2, -0.15) is 13.1 Å². The van der Waals surface area contributed by atoms with Crippen molar-refractivity contribution < 1.29 is 17.9 Å². The van der Waals surface area contributed by atoms with Gasteiger partial charge in [0.05, 0.1) is 10.7 Å². The van der Waals surface area contributed by atoms with E-state index in [4.69, 9.17) is 22.1 Å². The van der Waals surface area contributed by atoms with Gasteiger partial charge in [-0.25, -0.2) is 0 Å². The molecule has 1 aromatic carbocycles. The van der Waals surface area contributed by atoms with E-state index in [0.29, 0.717) is 10.7 Å². The Bertz CT molecular complexity index is 1340. The molecule has 0 bridgehead atoms. The van der Waals surface area contributed by atoms with E-state index in [1.807, 2.05) is 37.4 Å². The number of hydrogen-bond acceptors (Lipinski definition) is 7. The van der Waals surface area contributed by atoms with Crippen LogP contribution >= 0.6 is 22.9 Å². The number of rotatable bonds is 10. The number of nitrogens with two attached hydrogens (primary N) is 1. The number of carbonyl (C=O) groups excluding carboxylic acids is 1.